The van der Waals surface area contributed by atoms with Gasteiger partial charge < -0.3 is 14.3 Å². The first-order chi connectivity index (χ1) is 10.6. The molecule has 0 unspecified atom stereocenters. The highest BCUT2D eigenvalue weighted by atomic mass is 32.2. The lowest BCUT2D eigenvalue weighted by Gasteiger charge is -2.12. The number of rotatable bonds is 6. The molecule has 1 aliphatic carbocycles. The Labute approximate surface area is 134 Å². The number of aromatic nitrogens is 2. The molecule has 1 atom stereocenters. The average molecular weight is 319 g/mol. The Morgan fingerprint density at radius 2 is 2.32 bits per heavy atom. The van der Waals surface area contributed by atoms with Crippen LogP contribution in [0.4, 0.5) is 0 Å². The van der Waals surface area contributed by atoms with E-state index in [9.17, 15) is 4.79 Å². The van der Waals surface area contributed by atoms with E-state index in [-0.39, 0.29) is 11.9 Å². The minimum absolute atomic E-state index is 0.00504. The second-order valence-electron chi connectivity index (χ2n) is 5.76. The highest BCUT2D eigenvalue weighted by Gasteiger charge is 2.28. The minimum atomic E-state index is -0.116. The van der Waals surface area contributed by atoms with Crippen molar-refractivity contribution in [3.63, 3.8) is 0 Å². The topological polar surface area (TPSA) is 60.1 Å². The number of thioether (sulfide) groups is 1. The standard InChI is InChI=1S/C16H21N3O2S/c1-10-12(3)19(13-6-7-13)16(18-10)22-9-15(20)17-11(2)14-5-4-8-21-14/h4-5,8,11,13H,6-7,9H2,1-3H3,(H,17,20)/t11-/m1/s1. The van der Waals surface area contributed by atoms with Crippen LogP contribution < -0.4 is 5.32 Å². The zero-order chi connectivity index (χ0) is 15.7. The maximum atomic E-state index is 12.1. The monoisotopic (exact) mass is 319 g/mol. The fraction of sp³-hybridized carbons (Fsp3) is 0.500. The summed E-state index contributed by atoms with van der Waals surface area (Å²) in [6, 6.07) is 4.15. The van der Waals surface area contributed by atoms with Crippen LogP contribution in [0.3, 0.4) is 0 Å². The number of furan rings is 1. The van der Waals surface area contributed by atoms with Crippen LogP contribution in [0, 0.1) is 13.8 Å². The maximum absolute atomic E-state index is 12.1. The van der Waals surface area contributed by atoms with Crippen LogP contribution in [0.15, 0.2) is 28.0 Å². The predicted octanol–water partition coefficient (Wildman–Crippen LogP) is 3.40. The van der Waals surface area contributed by atoms with E-state index in [2.05, 4.69) is 21.8 Å². The highest BCUT2D eigenvalue weighted by Crippen LogP contribution is 2.39. The molecule has 1 N–H and O–H groups in total. The summed E-state index contributed by atoms with van der Waals surface area (Å²) in [5, 5.41) is 3.90. The van der Waals surface area contributed by atoms with Crippen molar-refractivity contribution in [1.29, 1.82) is 0 Å². The summed E-state index contributed by atoms with van der Waals surface area (Å²) < 4.78 is 7.58. The number of nitrogens with one attached hydrogen (secondary N) is 1. The van der Waals surface area contributed by atoms with Crippen molar-refractivity contribution < 1.29 is 9.21 Å². The number of amides is 1. The van der Waals surface area contributed by atoms with E-state index in [1.54, 1.807) is 6.26 Å². The summed E-state index contributed by atoms with van der Waals surface area (Å²) in [5.41, 5.74) is 2.27. The van der Waals surface area contributed by atoms with E-state index in [1.165, 1.54) is 30.3 Å². The third-order valence-corrected chi connectivity index (χ3v) is 4.90. The van der Waals surface area contributed by atoms with Crippen molar-refractivity contribution in [2.45, 2.75) is 50.9 Å². The summed E-state index contributed by atoms with van der Waals surface area (Å²) in [6.07, 6.45) is 4.04. The molecule has 118 valence electrons. The number of imidazole rings is 1. The number of hydrogen-bond acceptors (Lipinski definition) is 4. The van der Waals surface area contributed by atoms with E-state index >= 15 is 0 Å². The molecule has 1 fully saturated rings. The minimum Gasteiger partial charge on any atom is -0.467 e. The summed E-state index contributed by atoms with van der Waals surface area (Å²) in [5.74, 6) is 1.13. The van der Waals surface area contributed by atoms with E-state index in [1.807, 2.05) is 26.0 Å². The molecule has 5 nitrogen and oxygen atoms in total. The first kappa shape index (κ1) is 15.2. The Morgan fingerprint density at radius 3 is 2.95 bits per heavy atom. The molecule has 22 heavy (non-hydrogen) atoms. The third-order valence-electron chi connectivity index (χ3n) is 3.95. The Kier molecular flexibility index (Phi) is 4.29. The molecule has 0 spiro atoms. The van der Waals surface area contributed by atoms with Crippen molar-refractivity contribution in [2.24, 2.45) is 0 Å². The van der Waals surface area contributed by atoms with Gasteiger partial charge in [0.1, 0.15) is 5.76 Å². The lowest BCUT2D eigenvalue weighted by molar-refractivity contribution is -0.119. The fourth-order valence-corrected chi connectivity index (χ4v) is 3.45. The normalized spacial score (nSPS) is 15.8. The molecule has 0 saturated heterocycles. The van der Waals surface area contributed by atoms with Crippen molar-refractivity contribution >= 4 is 17.7 Å². The summed E-state index contributed by atoms with van der Waals surface area (Å²) in [7, 11) is 0. The third kappa shape index (κ3) is 3.21. The number of carbonyl (C=O) groups excluding carboxylic acids is 1. The molecular weight excluding hydrogens is 298 g/mol. The molecule has 2 aromatic rings. The van der Waals surface area contributed by atoms with Crippen LogP contribution in [0.25, 0.3) is 0 Å². The second kappa shape index (κ2) is 6.20. The van der Waals surface area contributed by atoms with Gasteiger partial charge in [-0.1, -0.05) is 11.8 Å². The Bertz CT molecular complexity index is 659. The highest BCUT2D eigenvalue weighted by molar-refractivity contribution is 7.99. The van der Waals surface area contributed by atoms with Crippen molar-refractivity contribution in [1.82, 2.24) is 14.9 Å². The largest absolute Gasteiger partial charge is 0.467 e. The zero-order valence-electron chi connectivity index (χ0n) is 13.1. The summed E-state index contributed by atoms with van der Waals surface area (Å²) >= 11 is 1.51. The Balaban J connectivity index is 1.58. The predicted molar refractivity (Wildman–Crippen MR) is 86.0 cm³/mol. The molecule has 3 rings (SSSR count). The molecule has 0 aliphatic heterocycles. The van der Waals surface area contributed by atoms with Crippen LogP contribution in [-0.2, 0) is 4.79 Å². The first-order valence-corrected chi connectivity index (χ1v) is 8.56. The van der Waals surface area contributed by atoms with E-state index in [4.69, 9.17) is 4.42 Å². The molecule has 1 saturated carbocycles. The van der Waals surface area contributed by atoms with Gasteiger partial charge in [0.05, 0.1) is 23.8 Å². The van der Waals surface area contributed by atoms with Crippen molar-refractivity contribution in [2.75, 3.05) is 5.75 Å². The number of carbonyl (C=O) groups is 1. The SMILES string of the molecule is Cc1nc(SCC(=O)N[C@H](C)c2ccco2)n(C2CC2)c1C. The van der Waals surface area contributed by atoms with Gasteiger partial charge in [-0.3, -0.25) is 4.79 Å². The molecule has 2 heterocycles. The number of nitrogens with zero attached hydrogens (tertiary/aromatic N) is 2. The average Bonchev–Trinajstić information content (AvgIpc) is 3.07. The van der Waals surface area contributed by atoms with Crippen LogP contribution in [0.1, 0.15) is 49.0 Å². The van der Waals surface area contributed by atoms with Crippen LogP contribution in [0.2, 0.25) is 0 Å². The Morgan fingerprint density at radius 1 is 1.55 bits per heavy atom. The summed E-state index contributed by atoms with van der Waals surface area (Å²) in [4.78, 5) is 16.7. The van der Waals surface area contributed by atoms with Gasteiger partial charge in [-0.15, -0.1) is 0 Å². The van der Waals surface area contributed by atoms with Gasteiger partial charge in [0.15, 0.2) is 5.16 Å². The number of aryl methyl sites for hydroxylation is 1. The van der Waals surface area contributed by atoms with E-state index < -0.39 is 0 Å². The van der Waals surface area contributed by atoms with Gasteiger partial charge in [0.2, 0.25) is 5.91 Å². The molecular formula is C16H21N3O2S. The maximum Gasteiger partial charge on any atom is 0.231 e. The van der Waals surface area contributed by atoms with Gasteiger partial charge in [-0.05, 0) is 45.7 Å². The van der Waals surface area contributed by atoms with Gasteiger partial charge in [0.25, 0.3) is 0 Å². The van der Waals surface area contributed by atoms with Crippen LogP contribution in [-0.4, -0.2) is 21.2 Å². The molecule has 0 radical (unpaired) electrons. The number of hydrogen-bond donors (Lipinski definition) is 1. The molecule has 2 aromatic heterocycles. The fourth-order valence-electron chi connectivity index (χ4n) is 2.48. The molecule has 6 heteroatoms. The lowest BCUT2D eigenvalue weighted by Crippen LogP contribution is -2.28. The molecule has 0 aromatic carbocycles. The second-order valence-corrected chi connectivity index (χ2v) is 6.70. The molecule has 0 bridgehead atoms. The van der Waals surface area contributed by atoms with Gasteiger partial charge in [-0.25, -0.2) is 4.98 Å². The van der Waals surface area contributed by atoms with Gasteiger partial charge in [0, 0.05) is 11.7 Å². The smallest absolute Gasteiger partial charge is 0.231 e. The van der Waals surface area contributed by atoms with Crippen LogP contribution >= 0.6 is 11.8 Å². The van der Waals surface area contributed by atoms with Crippen molar-refractivity contribution in [3.8, 4) is 0 Å². The quantitative estimate of drug-likeness (QED) is 0.829. The zero-order valence-corrected chi connectivity index (χ0v) is 13.9. The van der Waals surface area contributed by atoms with Crippen molar-refractivity contribution in [3.05, 3.63) is 35.5 Å². The molecule has 1 aliphatic rings. The van der Waals surface area contributed by atoms with Gasteiger partial charge >= 0.3 is 0 Å². The lowest BCUT2D eigenvalue weighted by atomic mass is 10.2. The van der Waals surface area contributed by atoms with E-state index in [0.29, 0.717) is 11.8 Å². The van der Waals surface area contributed by atoms with Crippen LogP contribution in [0.5, 0.6) is 0 Å². The van der Waals surface area contributed by atoms with E-state index in [0.717, 1.165) is 16.6 Å². The Hall–Kier alpha value is -1.69. The summed E-state index contributed by atoms with van der Waals surface area (Å²) in [6.45, 7) is 6.04. The van der Waals surface area contributed by atoms with Gasteiger partial charge in [-0.2, -0.15) is 0 Å². The first-order valence-electron chi connectivity index (χ1n) is 7.57. The molecule has 1 amide bonds.